The molecule has 2 atom stereocenters. The number of aromatic nitrogens is 3. The van der Waals surface area contributed by atoms with Crippen LogP contribution in [-0.4, -0.2) is 40.7 Å². The molecule has 0 fully saturated rings. The third-order valence-corrected chi connectivity index (χ3v) is 4.53. The highest BCUT2D eigenvalue weighted by atomic mass is 32.2. The van der Waals surface area contributed by atoms with Gasteiger partial charge in [0.2, 0.25) is 0 Å². The molecule has 0 saturated heterocycles. The summed E-state index contributed by atoms with van der Waals surface area (Å²) in [6.45, 7) is 4.44. The molecule has 0 aliphatic heterocycles. The standard InChI is InChI=1S/C10H20N4O2S/c1-4-5-14-10(12-7-13-14)6-9(11)8(2)17(3,15)16/h7-9H,4-6,11H2,1-3H3. The number of aryl methyl sites for hydroxylation is 1. The summed E-state index contributed by atoms with van der Waals surface area (Å²) in [6.07, 6.45) is 4.05. The van der Waals surface area contributed by atoms with Crippen LogP contribution >= 0.6 is 0 Å². The Morgan fingerprint density at radius 3 is 2.71 bits per heavy atom. The normalized spacial score (nSPS) is 15.8. The van der Waals surface area contributed by atoms with Gasteiger partial charge in [-0.25, -0.2) is 13.4 Å². The van der Waals surface area contributed by atoms with Gasteiger partial charge in [-0.3, -0.25) is 4.68 Å². The largest absolute Gasteiger partial charge is 0.326 e. The van der Waals surface area contributed by atoms with E-state index >= 15 is 0 Å². The first-order valence-electron chi connectivity index (χ1n) is 5.67. The molecule has 0 aliphatic rings. The zero-order valence-electron chi connectivity index (χ0n) is 10.5. The number of hydrogen-bond donors (Lipinski definition) is 1. The Kier molecular flexibility index (Phi) is 4.64. The Morgan fingerprint density at radius 2 is 2.18 bits per heavy atom. The van der Waals surface area contributed by atoms with E-state index in [9.17, 15) is 8.42 Å². The van der Waals surface area contributed by atoms with Crippen molar-refractivity contribution in [1.82, 2.24) is 14.8 Å². The van der Waals surface area contributed by atoms with Crippen molar-refractivity contribution in [3.8, 4) is 0 Å². The molecule has 17 heavy (non-hydrogen) atoms. The molecular formula is C10H20N4O2S. The van der Waals surface area contributed by atoms with E-state index in [1.165, 1.54) is 12.6 Å². The summed E-state index contributed by atoms with van der Waals surface area (Å²) >= 11 is 0. The second-order valence-corrected chi connectivity index (χ2v) is 6.70. The van der Waals surface area contributed by atoms with E-state index in [4.69, 9.17) is 5.73 Å². The van der Waals surface area contributed by atoms with Crippen LogP contribution < -0.4 is 5.73 Å². The number of nitrogens with two attached hydrogens (primary N) is 1. The maximum Gasteiger partial charge on any atom is 0.151 e. The van der Waals surface area contributed by atoms with E-state index in [-0.39, 0.29) is 0 Å². The topological polar surface area (TPSA) is 90.9 Å². The summed E-state index contributed by atoms with van der Waals surface area (Å²) in [5, 5.41) is 3.51. The quantitative estimate of drug-likeness (QED) is 0.777. The summed E-state index contributed by atoms with van der Waals surface area (Å²) in [5.41, 5.74) is 5.90. The van der Waals surface area contributed by atoms with Gasteiger partial charge in [0.25, 0.3) is 0 Å². The molecule has 6 nitrogen and oxygen atoms in total. The minimum atomic E-state index is -3.11. The van der Waals surface area contributed by atoms with E-state index in [2.05, 4.69) is 10.1 Å². The number of rotatable bonds is 6. The molecule has 1 heterocycles. The molecule has 0 saturated carbocycles. The minimum Gasteiger partial charge on any atom is -0.326 e. The summed E-state index contributed by atoms with van der Waals surface area (Å²) in [7, 11) is -3.11. The molecule has 1 aromatic heterocycles. The lowest BCUT2D eigenvalue weighted by Gasteiger charge is -2.17. The third kappa shape index (κ3) is 3.78. The van der Waals surface area contributed by atoms with Crippen molar-refractivity contribution in [2.45, 2.75) is 44.5 Å². The highest BCUT2D eigenvalue weighted by Crippen LogP contribution is 2.08. The number of hydrogen-bond acceptors (Lipinski definition) is 5. The van der Waals surface area contributed by atoms with Gasteiger partial charge in [0.1, 0.15) is 12.2 Å². The lowest BCUT2D eigenvalue weighted by molar-refractivity contribution is 0.524. The van der Waals surface area contributed by atoms with Crippen LogP contribution in [0.15, 0.2) is 6.33 Å². The van der Waals surface area contributed by atoms with Gasteiger partial charge in [0.15, 0.2) is 9.84 Å². The van der Waals surface area contributed by atoms with E-state index in [0.717, 1.165) is 18.8 Å². The van der Waals surface area contributed by atoms with Crippen molar-refractivity contribution in [3.05, 3.63) is 12.2 Å². The lowest BCUT2D eigenvalue weighted by Crippen LogP contribution is -2.40. The second-order valence-electron chi connectivity index (χ2n) is 4.30. The van der Waals surface area contributed by atoms with Gasteiger partial charge in [-0.15, -0.1) is 0 Å². The first-order valence-corrected chi connectivity index (χ1v) is 7.62. The fourth-order valence-corrected chi connectivity index (χ4v) is 2.27. The van der Waals surface area contributed by atoms with Crippen LogP contribution in [0.3, 0.4) is 0 Å². The van der Waals surface area contributed by atoms with Crippen LogP contribution in [0, 0.1) is 0 Å². The summed E-state index contributed by atoms with van der Waals surface area (Å²) in [6, 6.07) is -0.454. The Balaban J connectivity index is 2.74. The highest BCUT2D eigenvalue weighted by Gasteiger charge is 2.24. The Bertz CT molecular complexity index is 455. The third-order valence-electron chi connectivity index (χ3n) is 2.83. The maximum atomic E-state index is 11.4. The van der Waals surface area contributed by atoms with Crippen molar-refractivity contribution in [2.24, 2.45) is 5.73 Å². The molecule has 0 bridgehead atoms. The van der Waals surface area contributed by atoms with Crippen LogP contribution in [0.2, 0.25) is 0 Å². The Morgan fingerprint density at radius 1 is 1.53 bits per heavy atom. The highest BCUT2D eigenvalue weighted by molar-refractivity contribution is 7.91. The van der Waals surface area contributed by atoms with Crippen LogP contribution in [0.25, 0.3) is 0 Å². The van der Waals surface area contributed by atoms with Crippen LogP contribution in [0.1, 0.15) is 26.1 Å². The van der Waals surface area contributed by atoms with Gasteiger partial charge in [-0.2, -0.15) is 5.10 Å². The number of nitrogens with zero attached hydrogens (tertiary/aromatic N) is 3. The van der Waals surface area contributed by atoms with Gasteiger partial charge < -0.3 is 5.73 Å². The summed E-state index contributed by atoms with van der Waals surface area (Å²) in [5.74, 6) is 0.745. The fourth-order valence-electron chi connectivity index (χ4n) is 1.54. The molecule has 0 aromatic carbocycles. The van der Waals surface area contributed by atoms with Crippen molar-refractivity contribution >= 4 is 9.84 Å². The van der Waals surface area contributed by atoms with E-state index in [1.807, 2.05) is 6.92 Å². The summed E-state index contributed by atoms with van der Waals surface area (Å²) in [4.78, 5) is 4.12. The maximum absolute atomic E-state index is 11.4. The molecule has 2 N–H and O–H groups in total. The van der Waals surface area contributed by atoms with Gasteiger partial charge in [-0.05, 0) is 13.3 Å². The first kappa shape index (κ1) is 14.1. The second kappa shape index (κ2) is 5.59. The predicted octanol–water partition coefficient (Wildman–Crippen LogP) is -0.00900. The van der Waals surface area contributed by atoms with E-state index in [1.54, 1.807) is 11.6 Å². The SMILES string of the molecule is CCCn1ncnc1CC(N)C(C)S(C)(=O)=O. The average Bonchev–Trinajstić information content (AvgIpc) is 2.64. The van der Waals surface area contributed by atoms with Gasteiger partial charge in [0, 0.05) is 25.3 Å². The zero-order valence-corrected chi connectivity index (χ0v) is 11.3. The molecule has 98 valence electrons. The van der Waals surface area contributed by atoms with Crippen molar-refractivity contribution < 1.29 is 8.42 Å². The Hall–Kier alpha value is -0.950. The predicted molar refractivity (Wildman–Crippen MR) is 66.3 cm³/mol. The van der Waals surface area contributed by atoms with Gasteiger partial charge >= 0.3 is 0 Å². The smallest absolute Gasteiger partial charge is 0.151 e. The molecule has 0 aliphatic carbocycles. The molecule has 1 rings (SSSR count). The van der Waals surface area contributed by atoms with Gasteiger partial charge in [-0.1, -0.05) is 6.92 Å². The Labute approximate surface area is 102 Å². The van der Waals surface area contributed by atoms with Crippen molar-refractivity contribution in [3.63, 3.8) is 0 Å². The number of sulfone groups is 1. The molecule has 7 heteroatoms. The van der Waals surface area contributed by atoms with Crippen LogP contribution in [0.4, 0.5) is 0 Å². The monoisotopic (exact) mass is 260 g/mol. The summed E-state index contributed by atoms with van der Waals surface area (Å²) < 4.78 is 24.6. The average molecular weight is 260 g/mol. The van der Waals surface area contributed by atoms with E-state index in [0.29, 0.717) is 6.42 Å². The molecule has 0 radical (unpaired) electrons. The zero-order chi connectivity index (χ0) is 13.1. The van der Waals surface area contributed by atoms with Crippen molar-refractivity contribution in [1.29, 1.82) is 0 Å². The molecule has 0 spiro atoms. The molecule has 2 unspecified atom stereocenters. The molecule has 1 aromatic rings. The molecule has 0 amide bonds. The van der Waals surface area contributed by atoms with Crippen LogP contribution in [0.5, 0.6) is 0 Å². The lowest BCUT2D eigenvalue weighted by atomic mass is 10.1. The van der Waals surface area contributed by atoms with Gasteiger partial charge in [0.05, 0.1) is 5.25 Å². The molecular weight excluding hydrogens is 240 g/mol. The van der Waals surface area contributed by atoms with Crippen molar-refractivity contribution in [2.75, 3.05) is 6.26 Å². The minimum absolute atomic E-state index is 0.425. The first-order chi connectivity index (χ1) is 7.86. The fraction of sp³-hybridized carbons (Fsp3) is 0.800. The van der Waals surface area contributed by atoms with E-state index < -0.39 is 21.1 Å². The van der Waals surface area contributed by atoms with Crippen LogP contribution in [-0.2, 0) is 22.8 Å².